The molecule has 0 spiro atoms. The van der Waals surface area contributed by atoms with Crippen LogP contribution in [0, 0.1) is 11.3 Å². The maximum Gasteiger partial charge on any atom is 0.138 e. The zero-order valence-electron chi connectivity index (χ0n) is 9.66. The molecule has 0 aliphatic carbocycles. The number of ether oxygens (including phenoxy) is 1. The summed E-state index contributed by atoms with van der Waals surface area (Å²) >= 11 is 3.35. The van der Waals surface area contributed by atoms with Gasteiger partial charge in [-0.3, -0.25) is 4.90 Å². The largest absolute Gasteiger partial charge is 0.491 e. The number of benzene rings is 1. The topological polar surface area (TPSA) is 36.3 Å². The number of rotatable bonds is 4. The minimum atomic E-state index is 0.578. The van der Waals surface area contributed by atoms with Gasteiger partial charge >= 0.3 is 0 Å². The maximum atomic E-state index is 9.04. The van der Waals surface area contributed by atoms with Crippen LogP contribution in [0.3, 0.4) is 0 Å². The van der Waals surface area contributed by atoms with Crippen LogP contribution < -0.4 is 4.74 Å². The van der Waals surface area contributed by atoms with Gasteiger partial charge in [0, 0.05) is 11.0 Å². The number of hydrogen-bond donors (Lipinski definition) is 0. The molecule has 1 saturated heterocycles. The zero-order valence-corrected chi connectivity index (χ0v) is 11.2. The van der Waals surface area contributed by atoms with Crippen LogP contribution in [0.1, 0.15) is 18.4 Å². The van der Waals surface area contributed by atoms with Gasteiger partial charge in [-0.15, -0.1) is 0 Å². The summed E-state index contributed by atoms with van der Waals surface area (Å²) in [6, 6.07) is 7.74. The second-order valence-corrected chi connectivity index (χ2v) is 4.98. The van der Waals surface area contributed by atoms with E-state index in [1.807, 2.05) is 18.2 Å². The first kappa shape index (κ1) is 12.4. The number of hydrogen-bond acceptors (Lipinski definition) is 3. The first-order valence-corrected chi connectivity index (χ1v) is 6.64. The third kappa shape index (κ3) is 3.21. The smallest absolute Gasteiger partial charge is 0.138 e. The SMILES string of the molecule is N#Cc1c(Br)cccc1OCCN1CCCC1. The summed E-state index contributed by atoms with van der Waals surface area (Å²) in [4.78, 5) is 2.39. The van der Waals surface area contributed by atoms with E-state index in [0.717, 1.165) is 11.0 Å². The molecule has 0 N–H and O–H groups in total. The van der Waals surface area contributed by atoms with Gasteiger partial charge in [0.05, 0.1) is 0 Å². The highest BCUT2D eigenvalue weighted by Crippen LogP contribution is 2.25. The molecule has 0 radical (unpaired) electrons. The maximum absolute atomic E-state index is 9.04. The van der Waals surface area contributed by atoms with Gasteiger partial charge in [0.1, 0.15) is 24.0 Å². The number of nitriles is 1. The van der Waals surface area contributed by atoms with Crippen LogP contribution in [-0.4, -0.2) is 31.1 Å². The Bertz CT molecular complexity index is 422. The number of halogens is 1. The highest BCUT2D eigenvalue weighted by atomic mass is 79.9. The van der Waals surface area contributed by atoms with E-state index in [1.54, 1.807) is 0 Å². The summed E-state index contributed by atoms with van der Waals surface area (Å²) in [6.07, 6.45) is 2.58. The van der Waals surface area contributed by atoms with Crippen LogP contribution in [0.5, 0.6) is 5.75 Å². The van der Waals surface area contributed by atoms with Crippen LogP contribution in [0.25, 0.3) is 0 Å². The van der Waals surface area contributed by atoms with Crippen molar-refractivity contribution < 1.29 is 4.74 Å². The van der Waals surface area contributed by atoms with Crippen molar-refractivity contribution in [3.05, 3.63) is 28.2 Å². The first-order chi connectivity index (χ1) is 8.31. The van der Waals surface area contributed by atoms with Crippen molar-refractivity contribution >= 4 is 15.9 Å². The van der Waals surface area contributed by atoms with Gasteiger partial charge in [0.2, 0.25) is 0 Å². The van der Waals surface area contributed by atoms with E-state index < -0.39 is 0 Å². The molecular formula is C13H15BrN2O. The van der Waals surface area contributed by atoms with E-state index in [9.17, 15) is 0 Å². The van der Waals surface area contributed by atoms with E-state index in [1.165, 1.54) is 25.9 Å². The molecule has 1 aromatic rings. The van der Waals surface area contributed by atoms with Crippen LogP contribution in [0.2, 0.25) is 0 Å². The van der Waals surface area contributed by atoms with Crippen LogP contribution in [0.15, 0.2) is 22.7 Å². The molecule has 0 atom stereocenters. The predicted octanol–water partition coefficient (Wildman–Crippen LogP) is 2.80. The van der Waals surface area contributed by atoms with E-state index in [4.69, 9.17) is 10.00 Å². The molecule has 0 bridgehead atoms. The van der Waals surface area contributed by atoms with E-state index in [-0.39, 0.29) is 0 Å². The highest BCUT2D eigenvalue weighted by Gasteiger charge is 2.12. The van der Waals surface area contributed by atoms with Crippen molar-refractivity contribution in [3.8, 4) is 11.8 Å². The summed E-state index contributed by atoms with van der Waals surface area (Å²) in [6.45, 7) is 3.93. The van der Waals surface area contributed by atoms with Crippen molar-refractivity contribution in [3.63, 3.8) is 0 Å². The molecule has 4 heteroatoms. The lowest BCUT2D eigenvalue weighted by molar-refractivity contribution is 0.237. The fourth-order valence-corrected chi connectivity index (χ4v) is 2.46. The Morgan fingerprint density at radius 2 is 2.12 bits per heavy atom. The molecule has 1 fully saturated rings. The average Bonchev–Trinajstić information content (AvgIpc) is 2.82. The summed E-state index contributed by atoms with van der Waals surface area (Å²) in [5, 5.41) is 9.04. The van der Waals surface area contributed by atoms with Crippen molar-refractivity contribution in [2.75, 3.05) is 26.2 Å². The fraction of sp³-hybridized carbons (Fsp3) is 0.462. The molecule has 3 nitrogen and oxygen atoms in total. The second-order valence-electron chi connectivity index (χ2n) is 4.12. The number of likely N-dealkylation sites (tertiary alicyclic amines) is 1. The van der Waals surface area contributed by atoms with Gasteiger partial charge in [-0.25, -0.2) is 0 Å². The second kappa shape index (κ2) is 6.04. The normalized spacial score (nSPS) is 15.8. The molecule has 17 heavy (non-hydrogen) atoms. The van der Waals surface area contributed by atoms with Crippen LogP contribution in [0.4, 0.5) is 0 Å². The molecule has 0 amide bonds. The lowest BCUT2D eigenvalue weighted by Gasteiger charge is -2.15. The monoisotopic (exact) mass is 294 g/mol. The van der Waals surface area contributed by atoms with Gasteiger partial charge in [-0.05, 0) is 54.0 Å². The van der Waals surface area contributed by atoms with E-state index in [0.29, 0.717) is 17.9 Å². The first-order valence-electron chi connectivity index (χ1n) is 5.85. The average molecular weight is 295 g/mol. The Balaban J connectivity index is 1.90. The Morgan fingerprint density at radius 3 is 2.82 bits per heavy atom. The van der Waals surface area contributed by atoms with E-state index >= 15 is 0 Å². The van der Waals surface area contributed by atoms with Crippen LogP contribution in [-0.2, 0) is 0 Å². The molecule has 2 rings (SSSR count). The lowest BCUT2D eigenvalue weighted by atomic mass is 10.2. The molecule has 90 valence electrons. The molecule has 0 aromatic heterocycles. The van der Waals surface area contributed by atoms with Crippen molar-refractivity contribution in [1.29, 1.82) is 5.26 Å². The van der Waals surface area contributed by atoms with Gasteiger partial charge < -0.3 is 4.74 Å². The Labute approximate surface area is 110 Å². The third-order valence-corrected chi connectivity index (χ3v) is 3.61. The van der Waals surface area contributed by atoms with Crippen molar-refractivity contribution in [1.82, 2.24) is 4.90 Å². The third-order valence-electron chi connectivity index (χ3n) is 2.95. The lowest BCUT2D eigenvalue weighted by Crippen LogP contribution is -2.25. The van der Waals surface area contributed by atoms with Gasteiger partial charge in [-0.2, -0.15) is 5.26 Å². The van der Waals surface area contributed by atoms with Crippen LogP contribution >= 0.6 is 15.9 Å². The Hall–Kier alpha value is -1.05. The Morgan fingerprint density at radius 1 is 1.35 bits per heavy atom. The van der Waals surface area contributed by atoms with Gasteiger partial charge in [0.15, 0.2) is 0 Å². The standard InChI is InChI=1S/C13H15BrN2O/c14-12-4-3-5-13(11(12)10-15)17-9-8-16-6-1-2-7-16/h3-5H,1-2,6-9H2. The quantitative estimate of drug-likeness (QED) is 0.857. The summed E-state index contributed by atoms with van der Waals surface area (Å²) in [5.41, 5.74) is 0.578. The van der Waals surface area contributed by atoms with Gasteiger partial charge in [0.25, 0.3) is 0 Å². The summed E-state index contributed by atoms with van der Waals surface area (Å²) in [7, 11) is 0. The minimum absolute atomic E-state index is 0.578. The molecule has 1 aliphatic heterocycles. The number of nitrogens with zero attached hydrogens (tertiary/aromatic N) is 2. The van der Waals surface area contributed by atoms with Gasteiger partial charge in [-0.1, -0.05) is 6.07 Å². The van der Waals surface area contributed by atoms with Crippen molar-refractivity contribution in [2.24, 2.45) is 0 Å². The minimum Gasteiger partial charge on any atom is -0.491 e. The molecule has 1 aliphatic rings. The Kier molecular flexibility index (Phi) is 4.41. The zero-order chi connectivity index (χ0) is 12.1. The molecule has 0 unspecified atom stereocenters. The fourth-order valence-electron chi connectivity index (χ4n) is 2.02. The summed E-state index contributed by atoms with van der Waals surface area (Å²) in [5.74, 6) is 0.668. The molecular weight excluding hydrogens is 280 g/mol. The highest BCUT2D eigenvalue weighted by molar-refractivity contribution is 9.10. The van der Waals surface area contributed by atoms with E-state index in [2.05, 4.69) is 26.9 Å². The van der Waals surface area contributed by atoms with Crippen molar-refractivity contribution in [2.45, 2.75) is 12.8 Å². The molecule has 1 aromatic carbocycles. The molecule has 0 saturated carbocycles. The predicted molar refractivity (Wildman–Crippen MR) is 70.0 cm³/mol. The molecule has 1 heterocycles. The summed E-state index contributed by atoms with van der Waals surface area (Å²) < 4.78 is 6.47.